The van der Waals surface area contributed by atoms with Crippen molar-refractivity contribution in [2.75, 3.05) is 0 Å². The highest BCUT2D eigenvalue weighted by molar-refractivity contribution is 8.18. The van der Waals surface area contributed by atoms with Crippen LogP contribution < -0.4 is 0 Å². The van der Waals surface area contributed by atoms with Crippen LogP contribution in [0, 0.1) is 13.8 Å². The number of hydrogen-bond donors (Lipinski definition) is 0. The van der Waals surface area contributed by atoms with Crippen LogP contribution in [0.4, 0.5) is 4.79 Å². The number of imide groups is 1. The molecule has 1 saturated carbocycles. The maximum Gasteiger partial charge on any atom is 0.293 e. The second kappa shape index (κ2) is 10.1. The smallest absolute Gasteiger partial charge is 0.293 e. The van der Waals surface area contributed by atoms with Crippen molar-refractivity contribution >= 4 is 40.6 Å². The SMILES string of the molecule is Cc1cc(/C=C2\SC(=O)N(Cc3ccc(Cl)cc3)C2=O)c(C)n1-c1ccc(C2CCCCC2)cc1. The Kier molecular flexibility index (Phi) is 6.90. The zero-order valence-corrected chi connectivity index (χ0v) is 21.7. The highest BCUT2D eigenvalue weighted by atomic mass is 35.5. The molecule has 0 spiro atoms. The fraction of sp³-hybridized carbons (Fsp3) is 0.310. The molecule has 6 heteroatoms. The number of carbonyl (C=O) groups is 2. The predicted molar refractivity (Wildman–Crippen MR) is 144 cm³/mol. The first kappa shape index (κ1) is 24.0. The average molecular weight is 505 g/mol. The summed E-state index contributed by atoms with van der Waals surface area (Å²) < 4.78 is 2.22. The lowest BCUT2D eigenvalue weighted by molar-refractivity contribution is -0.123. The van der Waals surface area contributed by atoms with Crippen LogP contribution in [0.1, 0.15) is 66.1 Å². The van der Waals surface area contributed by atoms with E-state index < -0.39 is 0 Å². The first-order valence-electron chi connectivity index (χ1n) is 12.2. The van der Waals surface area contributed by atoms with Gasteiger partial charge in [-0.25, -0.2) is 0 Å². The number of aryl methyl sites for hydroxylation is 1. The van der Waals surface area contributed by atoms with Gasteiger partial charge in [-0.1, -0.05) is 55.1 Å². The lowest BCUT2D eigenvalue weighted by Crippen LogP contribution is -2.27. The molecule has 1 aliphatic carbocycles. The van der Waals surface area contributed by atoms with E-state index in [0.717, 1.165) is 40.0 Å². The third kappa shape index (κ3) is 4.98. The van der Waals surface area contributed by atoms with Crippen LogP contribution in [0.25, 0.3) is 11.8 Å². The van der Waals surface area contributed by atoms with Gasteiger partial charge < -0.3 is 4.57 Å². The van der Waals surface area contributed by atoms with E-state index in [-0.39, 0.29) is 17.7 Å². The molecule has 2 amide bonds. The van der Waals surface area contributed by atoms with E-state index in [1.807, 2.05) is 18.2 Å². The summed E-state index contributed by atoms with van der Waals surface area (Å²) >= 11 is 6.95. The minimum Gasteiger partial charge on any atom is -0.318 e. The van der Waals surface area contributed by atoms with Gasteiger partial charge in [-0.3, -0.25) is 14.5 Å². The summed E-state index contributed by atoms with van der Waals surface area (Å²) in [6, 6.07) is 18.2. The van der Waals surface area contributed by atoms with E-state index in [9.17, 15) is 9.59 Å². The first-order chi connectivity index (χ1) is 16.9. The Bertz CT molecular complexity index is 1290. The Morgan fingerprint density at radius 1 is 0.971 bits per heavy atom. The number of rotatable bonds is 5. The van der Waals surface area contributed by atoms with E-state index in [2.05, 4.69) is 48.7 Å². The minimum absolute atomic E-state index is 0.242. The van der Waals surface area contributed by atoms with E-state index >= 15 is 0 Å². The van der Waals surface area contributed by atoms with Gasteiger partial charge in [-0.15, -0.1) is 0 Å². The van der Waals surface area contributed by atoms with Gasteiger partial charge >= 0.3 is 0 Å². The Morgan fingerprint density at radius 3 is 2.34 bits per heavy atom. The van der Waals surface area contributed by atoms with Crippen LogP contribution in [-0.4, -0.2) is 20.6 Å². The van der Waals surface area contributed by atoms with Crippen molar-refractivity contribution in [1.29, 1.82) is 0 Å². The number of carbonyl (C=O) groups excluding carboxylic acids is 2. The Hall–Kier alpha value is -2.76. The van der Waals surface area contributed by atoms with Gasteiger partial charge in [0.2, 0.25) is 0 Å². The van der Waals surface area contributed by atoms with E-state index in [0.29, 0.717) is 15.8 Å². The number of aromatic nitrogens is 1. The van der Waals surface area contributed by atoms with Crippen LogP contribution in [0.3, 0.4) is 0 Å². The summed E-state index contributed by atoms with van der Waals surface area (Å²) in [7, 11) is 0. The lowest BCUT2D eigenvalue weighted by Gasteiger charge is -2.22. The largest absolute Gasteiger partial charge is 0.318 e. The zero-order chi connectivity index (χ0) is 24.5. The van der Waals surface area contributed by atoms with E-state index in [4.69, 9.17) is 11.6 Å². The van der Waals surface area contributed by atoms with Crippen LogP contribution in [-0.2, 0) is 11.3 Å². The number of thioether (sulfide) groups is 1. The van der Waals surface area contributed by atoms with Gasteiger partial charge in [-0.2, -0.15) is 0 Å². The van der Waals surface area contributed by atoms with Crippen LogP contribution in [0.2, 0.25) is 5.02 Å². The molecule has 5 rings (SSSR count). The van der Waals surface area contributed by atoms with Crippen LogP contribution in [0.15, 0.2) is 59.5 Å². The number of amides is 2. The first-order valence-corrected chi connectivity index (χ1v) is 13.4. The lowest BCUT2D eigenvalue weighted by atomic mass is 9.84. The molecule has 180 valence electrons. The molecule has 1 saturated heterocycles. The molecule has 0 unspecified atom stereocenters. The molecule has 1 aromatic heterocycles. The van der Waals surface area contributed by atoms with Gasteiger partial charge in [0.05, 0.1) is 11.4 Å². The van der Waals surface area contributed by atoms with Gasteiger partial charge in [0.25, 0.3) is 11.1 Å². The summed E-state index contributed by atoms with van der Waals surface area (Å²) in [6.07, 6.45) is 8.45. The standard InChI is InChI=1S/C29H29ClN2O2S/c1-19-16-24(17-27-28(33)31(29(34)35-27)18-21-8-12-25(30)13-9-21)20(2)32(19)26-14-10-23(11-15-26)22-6-4-3-5-7-22/h8-17,22H,3-7,18H2,1-2H3/b27-17-. The third-order valence-corrected chi connectivity index (χ3v) is 8.27. The number of halogens is 1. The predicted octanol–water partition coefficient (Wildman–Crippen LogP) is 8.03. The van der Waals surface area contributed by atoms with Crippen molar-refractivity contribution in [3.8, 4) is 5.69 Å². The maximum absolute atomic E-state index is 13.0. The Morgan fingerprint density at radius 2 is 1.66 bits per heavy atom. The molecular weight excluding hydrogens is 476 g/mol. The summed E-state index contributed by atoms with van der Waals surface area (Å²) in [4.78, 5) is 27.4. The molecule has 4 nitrogen and oxygen atoms in total. The summed E-state index contributed by atoms with van der Waals surface area (Å²) in [5, 5.41) is 0.380. The van der Waals surface area contributed by atoms with Crippen molar-refractivity contribution in [3.63, 3.8) is 0 Å². The molecular formula is C29H29ClN2O2S. The fourth-order valence-corrected chi connectivity index (χ4v) is 6.17. The molecule has 1 aliphatic heterocycles. The van der Waals surface area contributed by atoms with Crippen molar-refractivity contribution in [2.24, 2.45) is 0 Å². The molecule has 3 aromatic rings. The summed E-state index contributed by atoms with van der Waals surface area (Å²) in [6.45, 7) is 4.38. The van der Waals surface area contributed by atoms with Gasteiger partial charge in [0.1, 0.15) is 0 Å². The summed E-state index contributed by atoms with van der Waals surface area (Å²) in [5.41, 5.74) is 6.53. The van der Waals surface area contributed by atoms with Gasteiger partial charge in [0.15, 0.2) is 0 Å². The highest BCUT2D eigenvalue weighted by Crippen LogP contribution is 2.36. The van der Waals surface area contributed by atoms with Crippen LogP contribution in [0.5, 0.6) is 0 Å². The summed E-state index contributed by atoms with van der Waals surface area (Å²) in [5.74, 6) is 0.431. The normalized spacial score (nSPS) is 18.1. The topological polar surface area (TPSA) is 42.3 Å². The van der Waals surface area contributed by atoms with Crippen molar-refractivity contribution in [1.82, 2.24) is 9.47 Å². The molecule has 0 N–H and O–H groups in total. The monoisotopic (exact) mass is 504 g/mol. The maximum atomic E-state index is 13.0. The van der Waals surface area contributed by atoms with Crippen molar-refractivity contribution in [3.05, 3.63) is 92.6 Å². The number of benzene rings is 2. The number of nitrogens with zero attached hydrogens (tertiary/aromatic N) is 2. The van der Waals surface area contributed by atoms with Gasteiger partial charge in [-0.05, 0) is 97.5 Å². The molecule has 35 heavy (non-hydrogen) atoms. The molecule has 2 aromatic carbocycles. The molecule has 2 fully saturated rings. The molecule has 0 radical (unpaired) electrons. The second-order valence-corrected chi connectivity index (χ2v) is 10.9. The van der Waals surface area contributed by atoms with E-state index in [1.54, 1.807) is 12.1 Å². The molecule has 2 aliphatic rings. The average Bonchev–Trinajstić information content (AvgIpc) is 3.30. The van der Waals surface area contributed by atoms with Crippen LogP contribution >= 0.6 is 23.4 Å². The Labute approximate surface area is 216 Å². The molecule has 0 atom stereocenters. The molecule has 0 bridgehead atoms. The fourth-order valence-electron chi connectivity index (χ4n) is 5.21. The third-order valence-electron chi connectivity index (χ3n) is 7.11. The minimum atomic E-state index is -0.253. The van der Waals surface area contributed by atoms with Crippen molar-refractivity contribution < 1.29 is 9.59 Å². The van der Waals surface area contributed by atoms with Gasteiger partial charge in [0, 0.05) is 22.1 Å². The van der Waals surface area contributed by atoms with Crippen molar-refractivity contribution in [2.45, 2.75) is 58.4 Å². The highest BCUT2D eigenvalue weighted by Gasteiger charge is 2.35. The van der Waals surface area contributed by atoms with E-state index in [1.165, 1.54) is 42.6 Å². The second-order valence-electron chi connectivity index (χ2n) is 9.48. The Balaban J connectivity index is 1.36. The molecule has 2 heterocycles. The zero-order valence-electron chi connectivity index (χ0n) is 20.1. The number of hydrogen-bond acceptors (Lipinski definition) is 3. The quantitative estimate of drug-likeness (QED) is 0.330.